The van der Waals surface area contributed by atoms with Crippen LogP contribution >= 0.6 is 0 Å². The van der Waals surface area contributed by atoms with Crippen LogP contribution in [-0.2, 0) is 19.7 Å². The van der Waals surface area contributed by atoms with Crippen LogP contribution in [0.5, 0.6) is 0 Å². The van der Waals surface area contributed by atoms with Crippen molar-refractivity contribution in [3.8, 4) is 0 Å². The summed E-state index contributed by atoms with van der Waals surface area (Å²) in [6.45, 7) is 3.65. The van der Waals surface area contributed by atoms with Crippen molar-refractivity contribution in [2.75, 3.05) is 26.2 Å². The summed E-state index contributed by atoms with van der Waals surface area (Å²) in [7, 11) is -3.52. The van der Waals surface area contributed by atoms with Crippen LogP contribution in [0.1, 0.15) is 32.6 Å². The first-order chi connectivity index (χ1) is 9.94. The highest BCUT2D eigenvalue weighted by molar-refractivity contribution is 7.87. The van der Waals surface area contributed by atoms with Crippen molar-refractivity contribution in [2.24, 2.45) is 11.8 Å². The van der Waals surface area contributed by atoms with E-state index in [0.717, 1.165) is 12.8 Å². The normalized spacial score (nSPS) is 28.8. The summed E-state index contributed by atoms with van der Waals surface area (Å²) >= 11 is 0. The first kappa shape index (κ1) is 16.7. The van der Waals surface area contributed by atoms with E-state index < -0.39 is 22.1 Å². The lowest BCUT2D eigenvalue weighted by Crippen LogP contribution is -2.47. The number of carbonyl (C=O) groups is 1. The molecule has 2 aliphatic heterocycles. The van der Waals surface area contributed by atoms with E-state index in [9.17, 15) is 13.2 Å². The summed E-state index contributed by atoms with van der Waals surface area (Å²) in [5, 5.41) is 8.93. The molecule has 0 amide bonds. The summed E-state index contributed by atoms with van der Waals surface area (Å²) in [6.07, 6.45) is 2.64. The van der Waals surface area contributed by atoms with E-state index in [-0.39, 0.29) is 25.1 Å². The van der Waals surface area contributed by atoms with Gasteiger partial charge in [0.15, 0.2) is 0 Å². The van der Waals surface area contributed by atoms with E-state index in [2.05, 4.69) is 4.72 Å². The number of hydrogen-bond acceptors (Lipinski definition) is 4. The molecule has 0 aromatic rings. The molecule has 0 spiro atoms. The van der Waals surface area contributed by atoms with Crippen LogP contribution in [-0.4, -0.2) is 56.1 Å². The van der Waals surface area contributed by atoms with Crippen molar-refractivity contribution < 1.29 is 23.1 Å². The van der Waals surface area contributed by atoms with Gasteiger partial charge < -0.3 is 9.84 Å². The number of nitrogens with zero attached hydrogens (tertiary/aromatic N) is 1. The van der Waals surface area contributed by atoms with Crippen molar-refractivity contribution in [1.82, 2.24) is 9.03 Å². The van der Waals surface area contributed by atoms with E-state index >= 15 is 0 Å². The maximum atomic E-state index is 12.2. The van der Waals surface area contributed by atoms with Gasteiger partial charge in [0.25, 0.3) is 10.2 Å². The van der Waals surface area contributed by atoms with Crippen LogP contribution < -0.4 is 4.72 Å². The Labute approximate surface area is 125 Å². The molecule has 8 heteroatoms. The molecular weight excluding hydrogens is 296 g/mol. The Balaban J connectivity index is 1.83. The number of hydrogen-bond donors (Lipinski definition) is 2. The van der Waals surface area contributed by atoms with Crippen LogP contribution in [0.3, 0.4) is 0 Å². The van der Waals surface area contributed by atoms with Crippen molar-refractivity contribution in [1.29, 1.82) is 0 Å². The second kappa shape index (κ2) is 7.04. The maximum Gasteiger partial charge on any atom is 0.306 e. The van der Waals surface area contributed by atoms with Crippen molar-refractivity contribution in [3.05, 3.63) is 0 Å². The van der Waals surface area contributed by atoms with Gasteiger partial charge in [-0.25, -0.2) is 4.72 Å². The summed E-state index contributed by atoms with van der Waals surface area (Å²) in [6, 6.07) is 0. The number of nitrogens with one attached hydrogen (secondary N) is 1. The third kappa shape index (κ3) is 4.15. The van der Waals surface area contributed by atoms with E-state index in [0.29, 0.717) is 26.0 Å². The Kier molecular flexibility index (Phi) is 5.59. The van der Waals surface area contributed by atoms with E-state index in [1.807, 2.05) is 6.92 Å². The fourth-order valence-electron chi connectivity index (χ4n) is 3.02. The second-order valence-corrected chi connectivity index (χ2v) is 7.49. The largest absolute Gasteiger partial charge is 0.481 e. The molecule has 2 N–H and O–H groups in total. The van der Waals surface area contributed by atoms with Gasteiger partial charge in [0.2, 0.25) is 0 Å². The summed E-state index contributed by atoms with van der Waals surface area (Å²) < 4.78 is 34.0. The average Bonchev–Trinajstić information content (AvgIpc) is 2.93. The summed E-state index contributed by atoms with van der Waals surface area (Å²) in [5.74, 6) is -1.04. The predicted molar refractivity (Wildman–Crippen MR) is 77.0 cm³/mol. The van der Waals surface area contributed by atoms with Crippen LogP contribution in [0, 0.1) is 11.8 Å². The molecule has 2 unspecified atom stereocenters. The second-order valence-electron chi connectivity index (χ2n) is 5.73. The molecule has 21 heavy (non-hydrogen) atoms. The zero-order valence-electron chi connectivity index (χ0n) is 12.3. The highest BCUT2D eigenvalue weighted by Crippen LogP contribution is 2.23. The number of carboxylic acids is 1. The monoisotopic (exact) mass is 320 g/mol. The summed E-state index contributed by atoms with van der Waals surface area (Å²) in [5.41, 5.74) is 0. The Morgan fingerprint density at radius 2 is 2.00 bits per heavy atom. The van der Waals surface area contributed by atoms with Crippen LogP contribution in [0.25, 0.3) is 0 Å². The molecule has 2 saturated heterocycles. The van der Waals surface area contributed by atoms with Crippen LogP contribution in [0.2, 0.25) is 0 Å². The molecule has 0 saturated carbocycles. The lowest BCUT2D eigenvalue weighted by molar-refractivity contribution is -0.142. The highest BCUT2D eigenvalue weighted by Gasteiger charge is 2.33. The number of ether oxygens (including phenoxy) is 1. The van der Waals surface area contributed by atoms with Gasteiger partial charge in [0.05, 0.1) is 12.0 Å². The predicted octanol–water partition coefficient (Wildman–Crippen LogP) is 0.433. The standard InChI is InChI=1S/C13H24N2O5S/c1-2-12-11(5-8-20-12)9-14-21(18,19)15-6-3-10(4-7-15)13(16)17/h10-12,14H,2-9H2,1H3,(H,16,17). The quantitative estimate of drug-likeness (QED) is 0.740. The minimum Gasteiger partial charge on any atom is -0.481 e. The minimum absolute atomic E-state index is 0.130. The third-order valence-corrected chi connectivity index (χ3v) is 6.00. The van der Waals surface area contributed by atoms with Gasteiger partial charge in [0.1, 0.15) is 0 Å². The lowest BCUT2D eigenvalue weighted by atomic mass is 9.99. The molecule has 2 heterocycles. The lowest BCUT2D eigenvalue weighted by Gasteiger charge is -2.30. The fraction of sp³-hybridized carbons (Fsp3) is 0.923. The molecular formula is C13H24N2O5S. The number of aliphatic carboxylic acids is 1. The van der Waals surface area contributed by atoms with Gasteiger partial charge >= 0.3 is 5.97 Å². The van der Waals surface area contributed by atoms with Gasteiger partial charge in [-0.05, 0) is 25.7 Å². The third-order valence-electron chi connectivity index (χ3n) is 4.42. The molecule has 0 bridgehead atoms. The van der Waals surface area contributed by atoms with Gasteiger partial charge in [-0.15, -0.1) is 0 Å². The number of piperidine rings is 1. The van der Waals surface area contributed by atoms with Crippen molar-refractivity contribution >= 4 is 16.2 Å². The fourth-order valence-corrected chi connectivity index (χ4v) is 4.32. The van der Waals surface area contributed by atoms with Gasteiger partial charge in [-0.1, -0.05) is 6.92 Å². The van der Waals surface area contributed by atoms with E-state index in [1.165, 1.54) is 4.31 Å². The van der Waals surface area contributed by atoms with Crippen LogP contribution in [0.4, 0.5) is 0 Å². The molecule has 2 aliphatic rings. The van der Waals surface area contributed by atoms with Gasteiger partial charge in [0, 0.05) is 32.2 Å². The zero-order valence-corrected chi connectivity index (χ0v) is 13.1. The Hall–Kier alpha value is -0.700. The topological polar surface area (TPSA) is 95.9 Å². The Bertz CT molecular complexity index is 459. The number of carboxylic acid groups (broad SMARTS) is 1. The first-order valence-electron chi connectivity index (χ1n) is 7.53. The Morgan fingerprint density at radius 3 is 2.57 bits per heavy atom. The molecule has 0 radical (unpaired) electrons. The first-order valence-corrected chi connectivity index (χ1v) is 8.97. The van der Waals surface area contributed by atoms with Crippen LogP contribution in [0.15, 0.2) is 0 Å². The molecule has 2 atom stereocenters. The average molecular weight is 320 g/mol. The van der Waals surface area contributed by atoms with Crippen molar-refractivity contribution in [2.45, 2.75) is 38.7 Å². The Morgan fingerprint density at radius 1 is 1.33 bits per heavy atom. The highest BCUT2D eigenvalue weighted by atomic mass is 32.2. The summed E-state index contributed by atoms with van der Waals surface area (Å²) in [4.78, 5) is 10.9. The van der Waals surface area contributed by atoms with Gasteiger partial charge in [-0.2, -0.15) is 12.7 Å². The zero-order chi connectivity index (χ0) is 15.5. The molecule has 0 aliphatic carbocycles. The number of rotatable bonds is 6. The molecule has 0 aromatic heterocycles. The van der Waals surface area contributed by atoms with E-state index in [1.54, 1.807) is 0 Å². The maximum absolute atomic E-state index is 12.2. The smallest absolute Gasteiger partial charge is 0.306 e. The molecule has 2 fully saturated rings. The molecule has 2 rings (SSSR count). The molecule has 0 aromatic carbocycles. The SMILES string of the molecule is CCC1OCCC1CNS(=O)(=O)N1CCC(C(=O)O)CC1. The van der Waals surface area contributed by atoms with Gasteiger partial charge in [-0.3, -0.25) is 4.79 Å². The van der Waals surface area contributed by atoms with E-state index in [4.69, 9.17) is 9.84 Å². The molecule has 7 nitrogen and oxygen atoms in total. The molecule has 122 valence electrons. The van der Waals surface area contributed by atoms with Crippen molar-refractivity contribution in [3.63, 3.8) is 0 Å². The minimum atomic E-state index is -3.52.